The summed E-state index contributed by atoms with van der Waals surface area (Å²) in [6.07, 6.45) is 4.19. The van der Waals surface area contributed by atoms with Crippen molar-refractivity contribution in [1.82, 2.24) is 0 Å². The van der Waals surface area contributed by atoms with Crippen molar-refractivity contribution in [3.8, 4) is 0 Å². The molecule has 0 aromatic rings. The van der Waals surface area contributed by atoms with Gasteiger partial charge in [0.1, 0.15) is 0 Å². The van der Waals surface area contributed by atoms with Crippen molar-refractivity contribution in [2.45, 2.75) is 25.4 Å². The lowest BCUT2D eigenvalue weighted by atomic mass is 9.90. The molecule has 2 heteroatoms. The van der Waals surface area contributed by atoms with Crippen LogP contribution in [0.4, 0.5) is 0 Å². The van der Waals surface area contributed by atoms with E-state index in [1.807, 2.05) is 0 Å². The van der Waals surface area contributed by atoms with Gasteiger partial charge < -0.3 is 9.47 Å². The highest BCUT2D eigenvalue weighted by Crippen LogP contribution is 2.28. The molecule has 2 saturated heterocycles. The lowest BCUT2D eigenvalue weighted by Gasteiger charge is -2.38. The van der Waals surface area contributed by atoms with Gasteiger partial charge in [0.25, 0.3) is 0 Å². The Morgan fingerprint density at radius 2 is 2.10 bits per heavy atom. The number of hydrogen-bond donors (Lipinski definition) is 0. The van der Waals surface area contributed by atoms with Crippen LogP contribution in [-0.4, -0.2) is 25.9 Å². The summed E-state index contributed by atoms with van der Waals surface area (Å²) < 4.78 is 10.7. The molecule has 0 aromatic carbocycles. The molecule has 2 heterocycles. The van der Waals surface area contributed by atoms with E-state index < -0.39 is 0 Å². The van der Waals surface area contributed by atoms with E-state index in [-0.39, 0.29) is 0 Å². The van der Waals surface area contributed by atoms with Crippen LogP contribution in [0.5, 0.6) is 0 Å². The molecule has 58 valence electrons. The molecule has 2 aliphatic heterocycles. The van der Waals surface area contributed by atoms with Crippen LogP contribution in [-0.2, 0) is 9.47 Å². The average molecular weight is 142 g/mol. The van der Waals surface area contributed by atoms with Crippen LogP contribution < -0.4 is 0 Å². The fourth-order valence-corrected chi connectivity index (χ4v) is 1.71. The molecule has 0 aromatic heterocycles. The highest BCUT2D eigenvalue weighted by molar-refractivity contribution is 4.79. The summed E-state index contributed by atoms with van der Waals surface area (Å²) in [6, 6.07) is 0. The average Bonchev–Trinajstić information content (AvgIpc) is 1.89. The van der Waals surface area contributed by atoms with Crippen LogP contribution in [0.2, 0.25) is 0 Å². The van der Waals surface area contributed by atoms with Gasteiger partial charge in [0, 0.05) is 19.1 Å². The molecule has 10 heavy (non-hydrogen) atoms. The summed E-state index contributed by atoms with van der Waals surface area (Å²) in [5.74, 6) is 0.865. The standard InChI is InChI=1S/C8H14O2/c1-2-7-6-10-8(7)3-5-9-4-1/h7-8H,1-6H2. The number of rotatable bonds is 0. The second-order valence-electron chi connectivity index (χ2n) is 3.18. The first-order valence-electron chi connectivity index (χ1n) is 4.16. The molecule has 2 atom stereocenters. The minimum absolute atomic E-state index is 0.542. The third-order valence-corrected chi connectivity index (χ3v) is 2.46. The number of ether oxygens (including phenoxy) is 2. The zero-order valence-electron chi connectivity index (χ0n) is 6.21. The van der Waals surface area contributed by atoms with Crippen LogP contribution in [0, 0.1) is 5.92 Å². The van der Waals surface area contributed by atoms with Gasteiger partial charge in [-0.15, -0.1) is 0 Å². The highest BCUT2D eigenvalue weighted by Gasteiger charge is 2.31. The first kappa shape index (κ1) is 6.62. The maximum Gasteiger partial charge on any atom is 0.0647 e. The molecule has 2 unspecified atom stereocenters. The SMILES string of the molecule is C1COCCC2OCC2C1. The molecule has 2 rings (SSSR count). The van der Waals surface area contributed by atoms with E-state index in [4.69, 9.17) is 9.47 Å². The minimum atomic E-state index is 0.542. The van der Waals surface area contributed by atoms with Crippen molar-refractivity contribution in [2.75, 3.05) is 19.8 Å². The molecule has 0 saturated carbocycles. The lowest BCUT2D eigenvalue weighted by Crippen LogP contribution is -2.41. The molecule has 2 fully saturated rings. The van der Waals surface area contributed by atoms with Gasteiger partial charge in [-0.1, -0.05) is 0 Å². The fourth-order valence-electron chi connectivity index (χ4n) is 1.71. The Morgan fingerprint density at radius 1 is 1.10 bits per heavy atom. The Balaban J connectivity index is 1.83. The van der Waals surface area contributed by atoms with Crippen molar-refractivity contribution in [1.29, 1.82) is 0 Å². The largest absolute Gasteiger partial charge is 0.381 e. The molecule has 0 N–H and O–H groups in total. The second kappa shape index (κ2) is 2.89. The van der Waals surface area contributed by atoms with Gasteiger partial charge in [0.15, 0.2) is 0 Å². The van der Waals surface area contributed by atoms with Gasteiger partial charge in [-0.2, -0.15) is 0 Å². The van der Waals surface area contributed by atoms with E-state index >= 15 is 0 Å². The third-order valence-electron chi connectivity index (χ3n) is 2.46. The van der Waals surface area contributed by atoms with Gasteiger partial charge in [0.2, 0.25) is 0 Å². The molecule has 0 bridgehead atoms. The summed E-state index contributed by atoms with van der Waals surface area (Å²) >= 11 is 0. The summed E-state index contributed by atoms with van der Waals surface area (Å²) in [5.41, 5.74) is 0. The summed E-state index contributed by atoms with van der Waals surface area (Å²) in [6.45, 7) is 2.87. The normalized spacial score (nSPS) is 40.8. The molecule has 0 radical (unpaired) electrons. The Bertz CT molecular complexity index is 99.8. The smallest absolute Gasteiger partial charge is 0.0647 e. The van der Waals surface area contributed by atoms with Crippen LogP contribution in [0.1, 0.15) is 19.3 Å². The number of hydrogen-bond acceptors (Lipinski definition) is 2. The van der Waals surface area contributed by atoms with E-state index in [0.717, 1.165) is 32.2 Å². The van der Waals surface area contributed by atoms with Gasteiger partial charge in [-0.25, -0.2) is 0 Å². The zero-order valence-corrected chi connectivity index (χ0v) is 6.21. The van der Waals surface area contributed by atoms with Crippen molar-refractivity contribution in [2.24, 2.45) is 5.92 Å². The Morgan fingerprint density at radius 3 is 2.90 bits per heavy atom. The van der Waals surface area contributed by atoms with Crippen molar-refractivity contribution >= 4 is 0 Å². The molecule has 0 aliphatic carbocycles. The van der Waals surface area contributed by atoms with Crippen molar-refractivity contribution < 1.29 is 9.47 Å². The van der Waals surface area contributed by atoms with Gasteiger partial charge in [-0.3, -0.25) is 0 Å². The highest BCUT2D eigenvalue weighted by atomic mass is 16.5. The van der Waals surface area contributed by atoms with E-state index in [1.54, 1.807) is 0 Å². The predicted molar refractivity (Wildman–Crippen MR) is 37.9 cm³/mol. The molecule has 2 nitrogen and oxygen atoms in total. The monoisotopic (exact) mass is 142 g/mol. The fraction of sp³-hybridized carbons (Fsp3) is 1.00. The van der Waals surface area contributed by atoms with Gasteiger partial charge in [0.05, 0.1) is 12.7 Å². The maximum absolute atomic E-state index is 5.39. The molecule has 0 amide bonds. The molecule has 0 spiro atoms. The molecular weight excluding hydrogens is 128 g/mol. The van der Waals surface area contributed by atoms with Gasteiger partial charge >= 0.3 is 0 Å². The van der Waals surface area contributed by atoms with Crippen LogP contribution in [0.25, 0.3) is 0 Å². The quantitative estimate of drug-likeness (QED) is 0.506. The summed E-state index contributed by atoms with van der Waals surface area (Å²) in [5, 5.41) is 0. The lowest BCUT2D eigenvalue weighted by molar-refractivity contribution is -0.137. The Labute approximate surface area is 61.5 Å². The van der Waals surface area contributed by atoms with Gasteiger partial charge in [-0.05, 0) is 19.3 Å². The summed E-state index contributed by atoms with van der Waals surface area (Å²) in [7, 11) is 0. The van der Waals surface area contributed by atoms with Crippen molar-refractivity contribution in [3.63, 3.8) is 0 Å². The third kappa shape index (κ3) is 1.18. The first-order chi connectivity index (χ1) is 4.97. The Hall–Kier alpha value is -0.0800. The van der Waals surface area contributed by atoms with E-state index in [9.17, 15) is 0 Å². The Kier molecular flexibility index (Phi) is 1.91. The minimum Gasteiger partial charge on any atom is -0.381 e. The number of fused-ring (bicyclic) bond motifs is 1. The topological polar surface area (TPSA) is 18.5 Å². The van der Waals surface area contributed by atoms with Crippen LogP contribution in [0.15, 0.2) is 0 Å². The maximum atomic E-state index is 5.39. The molecule has 2 aliphatic rings. The zero-order chi connectivity index (χ0) is 6.81. The first-order valence-corrected chi connectivity index (χ1v) is 4.16. The van der Waals surface area contributed by atoms with E-state index in [0.29, 0.717) is 6.10 Å². The van der Waals surface area contributed by atoms with E-state index in [1.165, 1.54) is 12.8 Å². The van der Waals surface area contributed by atoms with Crippen LogP contribution >= 0.6 is 0 Å². The van der Waals surface area contributed by atoms with E-state index in [2.05, 4.69) is 0 Å². The van der Waals surface area contributed by atoms with Crippen molar-refractivity contribution in [3.05, 3.63) is 0 Å². The second-order valence-corrected chi connectivity index (χ2v) is 3.18. The predicted octanol–water partition coefficient (Wildman–Crippen LogP) is 1.20. The summed E-state index contributed by atoms with van der Waals surface area (Å²) in [4.78, 5) is 0. The molecular formula is C8H14O2. The van der Waals surface area contributed by atoms with Crippen LogP contribution in [0.3, 0.4) is 0 Å².